The lowest BCUT2D eigenvalue weighted by Gasteiger charge is -2.54. The molecular formula is C24H38O4. The van der Waals surface area contributed by atoms with Crippen molar-refractivity contribution in [3.05, 3.63) is 22.8 Å². The van der Waals surface area contributed by atoms with Gasteiger partial charge in [-0.1, -0.05) is 25.0 Å². The number of methoxy groups -OCH3 is 2. The second-order valence-corrected chi connectivity index (χ2v) is 9.55. The minimum atomic E-state index is -0.276. The Morgan fingerprint density at radius 1 is 1.04 bits per heavy atom. The van der Waals surface area contributed by atoms with Crippen LogP contribution < -0.4 is 0 Å². The molecule has 4 heteroatoms. The molecule has 1 saturated carbocycles. The first kappa shape index (κ1) is 20.6. The molecule has 1 aliphatic heterocycles. The molecule has 0 amide bonds. The summed E-state index contributed by atoms with van der Waals surface area (Å²) in [6.45, 7) is 4.04. The fourth-order valence-corrected chi connectivity index (χ4v) is 6.83. The Balaban J connectivity index is 0.000000604. The summed E-state index contributed by atoms with van der Waals surface area (Å²) < 4.78 is 22.2. The molecule has 0 N–H and O–H groups in total. The first-order chi connectivity index (χ1) is 13.6. The van der Waals surface area contributed by atoms with Crippen LogP contribution in [0.2, 0.25) is 0 Å². The summed E-state index contributed by atoms with van der Waals surface area (Å²) in [6.07, 6.45) is 13.9. The smallest absolute Gasteiger partial charge is 0.172 e. The molecule has 1 spiro atoms. The second-order valence-electron chi connectivity index (χ2n) is 9.55. The molecule has 5 aliphatic rings. The number of allylic oxidation sites excluding steroid dienone is 3. The van der Waals surface area contributed by atoms with Crippen molar-refractivity contribution in [2.24, 2.45) is 17.3 Å². The normalized spacial score (nSPS) is 38.7. The van der Waals surface area contributed by atoms with E-state index < -0.39 is 0 Å². The molecule has 0 aromatic heterocycles. The third kappa shape index (κ3) is 3.40. The Morgan fingerprint density at radius 2 is 1.79 bits per heavy atom. The van der Waals surface area contributed by atoms with Gasteiger partial charge in [0.1, 0.15) is 0 Å². The molecule has 28 heavy (non-hydrogen) atoms. The molecule has 4 aliphatic carbocycles. The van der Waals surface area contributed by atoms with E-state index in [0.717, 1.165) is 44.3 Å². The molecule has 0 aromatic rings. The minimum absolute atomic E-state index is 0.276. The first-order valence-corrected chi connectivity index (χ1v) is 11.2. The second kappa shape index (κ2) is 8.22. The van der Waals surface area contributed by atoms with Crippen LogP contribution in [0.25, 0.3) is 0 Å². The van der Waals surface area contributed by atoms with Gasteiger partial charge in [-0.25, -0.2) is 0 Å². The molecule has 4 nitrogen and oxygen atoms in total. The van der Waals surface area contributed by atoms with Gasteiger partial charge in [0.05, 0.1) is 19.3 Å². The number of fused-ring (bicyclic) bond motifs is 4. The van der Waals surface area contributed by atoms with Gasteiger partial charge in [-0.15, -0.1) is 0 Å². The highest BCUT2D eigenvalue weighted by Gasteiger charge is 2.52. The highest BCUT2D eigenvalue weighted by atomic mass is 16.7. The molecule has 5 rings (SSSR count). The summed E-state index contributed by atoms with van der Waals surface area (Å²) in [5.41, 5.74) is 5.36. The topological polar surface area (TPSA) is 36.9 Å². The lowest BCUT2D eigenvalue weighted by molar-refractivity contribution is -0.164. The summed E-state index contributed by atoms with van der Waals surface area (Å²) in [5, 5.41) is 0. The van der Waals surface area contributed by atoms with Crippen LogP contribution in [0.15, 0.2) is 22.8 Å². The van der Waals surface area contributed by atoms with Crippen molar-refractivity contribution in [1.82, 2.24) is 0 Å². The molecule has 1 saturated heterocycles. The van der Waals surface area contributed by atoms with Crippen molar-refractivity contribution in [2.45, 2.75) is 76.6 Å². The van der Waals surface area contributed by atoms with E-state index in [-0.39, 0.29) is 5.79 Å². The van der Waals surface area contributed by atoms with E-state index in [1.807, 2.05) is 7.11 Å². The van der Waals surface area contributed by atoms with Crippen molar-refractivity contribution in [1.29, 1.82) is 0 Å². The standard InChI is InChI=1S/C22H32O3.C2H6O/c1-21-10-8-17-16-9-11-22(24-12-13-25-22)14-15(16)6-7-18(17)19(21)4-3-5-20(21)23-2;1-3-2/h8,18-20H,3-7,9-14H2,1-2H3;1-2H3. The first-order valence-electron chi connectivity index (χ1n) is 11.2. The molecule has 0 bridgehead atoms. The Bertz CT molecular complexity index is 631. The Hall–Kier alpha value is -0.680. The molecule has 4 atom stereocenters. The maximum absolute atomic E-state index is 6.00. The predicted octanol–water partition coefficient (Wildman–Crippen LogP) is 5.03. The van der Waals surface area contributed by atoms with Crippen LogP contribution in [-0.2, 0) is 18.9 Å². The Morgan fingerprint density at radius 3 is 2.50 bits per heavy atom. The number of ether oxygens (including phenoxy) is 4. The maximum atomic E-state index is 6.00. The van der Waals surface area contributed by atoms with Crippen molar-refractivity contribution in [2.75, 3.05) is 34.5 Å². The Kier molecular flexibility index (Phi) is 6.04. The van der Waals surface area contributed by atoms with Crippen LogP contribution in [0.4, 0.5) is 0 Å². The van der Waals surface area contributed by atoms with Gasteiger partial charge in [0.2, 0.25) is 0 Å². The van der Waals surface area contributed by atoms with Gasteiger partial charge in [0.25, 0.3) is 0 Å². The maximum Gasteiger partial charge on any atom is 0.172 e. The minimum Gasteiger partial charge on any atom is -0.388 e. The van der Waals surface area contributed by atoms with Crippen molar-refractivity contribution in [3.63, 3.8) is 0 Å². The van der Waals surface area contributed by atoms with Crippen LogP contribution >= 0.6 is 0 Å². The van der Waals surface area contributed by atoms with Crippen LogP contribution in [-0.4, -0.2) is 46.4 Å². The van der Waals surface area contributed by atoms with E-state index in [2.05, 4.69) is 17.7 Å². The molecule has 158 valence electrons. The van der Waals surface area contributed by atoms with Crippen LogP contribution in [0.5, 0.6) is 0 Å². The summed E-state index contributed by atoms with van der Waals surface area (Å²) in [6, 6.07) is 0. The van der Waals surface area contributed by atoms with E-state index in [1.165, 1.54) is 38.5 Å². The summed E-state index contributed by atoms with van der Waals surface area (Å²) in [4.78, 5) is 0. The fourth-order valence-electron chi connectivity index (χ4n) is 6.83. The van der Waals surface area contributed by atoms with E-state index in [1.54, 1.807) is 30.9 Å². The number of hydrogen-bond donors (Lipinski definition) is 0. The molecular weight excluding hydrogens is 352 g/mol. The van der Waals surface area contributed by atoms with Gasteiger partial charge in [-0.05, 0) is 61.5 Å². The monoisotopic (exact) mass is 390 g/mol. The van der Waals surface area contributed by atoms with Crippen molar-refractivity contribution in [3.8, 4) is 0 Å². The third-order valence-corrected chi connectivity index (χ3v) is 8.08. The van der Waals surface area contributed by atoms with Gasteiger partial charge < -0.3 is 18.9 Å². The average Bonchev–Trinajstić information content (AvgIpc) is 3.14. The van der Waals surface area contributed by atoms with E-state index >= 15 is 0 Å². The van der Waals surface area contributed by atoms with Gasteiger partial charge in [0, 0.05) is 39.6 Å². The number of hydrogen-bond acceptors (Lipinski definition) is 4. The highest BCUT2D eigenvalue weighted by Crippen LogP contribution is 2.59. The lowest BCUT2D eigenvalue weighted by Crippen LogP contribution is -2.49. The van der Waals surface area contributed by atoms with E-state index in [0.29, 0.717) is 11.5 Å². The van der Waals surface area contributed by atoms with Crippen LogP contribution in [0, 0.1) is 17.3 Å². The highest BCUT2D eigenvalue weighted by molar-refractivity contribution is 5.44. The Labute approximate surface area is 170 Å². The van der Waals surface area contributed by atoms with Crippen molar-refractivity contribution < 1.29 is 18.9 Å². The van der Waals surface area contributed by atoms with Gasteiger partial charge >= 0.3 is 0 Å². The number of rotatable bonds is 1. The van der Waals surface area contributed by atoms with Crippen LogP contribution in [0.3, 0.4) is 0 Å². The molecule has 0 radical (unpaired) electrons. The summed E-state index contributed by atoms with van der Waals surface area (Å²) in [7, 11) is 5.17. The lowest BCUT2D eigenvalue weighted by atomic mass is 9.52. The van der Waals surface area contributed by atoms with E-state index in [9.17, 15) is 0 Å². The van der Waals surface area contributed by atoms with Crippen molar-refractivity contribution >= 4 is 0 Å². The SMILES string of the molecule is COC.COC1CCCC2C3CCC4=C(CCC5(C4)OCCO5)C3=CCC12C. The zero-order valence-corrected chi connectivity index (χ0v) is 18.2. The van der Waals surface area contributed by atoms with E-state index in [4.69, 9.17) is 14.2 Å². The zero-order valence-electron chi connectivity index (χ0n) is 18.2. The van der Waals surface area contributed by atoms with Crippen LogP contribution in [0.1, 0.15) is 64.7 Å². The largest absolute Gasteiger partial charge is 0.388 e. The molecule has 4 unspecified atom stereocenters. The van der Waals surface area contributed by atoms with Gasteiger partial charge in [0.15, 0.2) is 5.79 Å². The summed E-state index contributed by atoms with van der Waals surface area (Å²) >= 11 is 0. The quantitative estimate of drug-likeness (QED) is 0.629. The zero-order chi connectivity index (χ0) is 19.8. The van der Waals surface area contributed by atoms with Gasteiger partial charge in [-0.2, -0.15) is 0 Å². The molecule has 0 aromatic carbocycles. The predicted molar refractivity (Wildman–Crippen MR) is 110 cm³/mol. The molecule has 2 fully saturated rings. The average molecular weight is 391 g/mol. The summed E-state index contributed by atoms with van der Waals surface area (Å²) in [5.74, 6) is 1.28. The fraction of sp³-hybridized carbons (Fsp3) is 0.833. The molecule has 1 heterocycles. The van der Waals surface area contributed by atoms with Gasteiger partial charge in [-0.3, -0.25) is 0 Å². The third-order valence-electron chi connectivity index (χ3n) is 8.08.